The minimum Gasteiger partial charge on any atom is -0.392 e. The molecular weight excluding hydrogens is 218 g/mol. The van der Waals surface area contributed by atoms with Crippen LogP contribution in [0.4, 0.5) is 0 Å². The zero-order chi connectivity index (χ0) is 11.5. The van der Waals surface area contributed by atoms with Crippen molar-refractivity contribution < 1.29 is 18.3 Å². The molecule has 1 fully saturated rings. The monoisotopic (exact) mass is 237 g/mol. The van der Waals surface area contributed by atoms with E-state index in [1.165, 1.54) is 4.31 Å². The molecule has 1 heterocycles. The SMILES string of the molecule is CC(C)OCCS(=O)(=O)N1CCC(O)C1. The van der Waals surface area contributed by atoms with Gasteiger partial charge in [0.1, 0.15) is 0 Å². The van der Waals surface area contributed by atoms with Gasteiger partial charge in [-0.05, 0) is 20.3 Å². The van der Waals surface area contributed by atoms with Crippen LogP contribution < -0.4 is 0 Å². The number of nitrogens with zero attached hydrogens (tertiary/aromatic N) is 1. The van der Waals surface area contributed by atoms with Crippen LogP contribution in [0.3, 0.4) is 0 Å². The third-order valence-corrected chi connectivity index (χ3v) is 4.11. The largest absolute Gasteiger partial charge is 0.392 e. The zero-order valence-electron chi connectivity index (χ0n) is 9.22. The van der Waals surface area contributed by atoms with E-state index in [0.717, 1.165) is 0 Å². The van der Waals surface area contributed by atoms with Crippen LogP contribution in [0, 0.1) is 0 Å². The van der Waals surface area contributed by atoms with Crippen LogP contribution in [0.1, 0.15) is 20.3 Å². The number of aliphatic hydroxyl groups excluding tert-OH is 1. The maximum absolute atomic E-state index is 11.7. The van der Waals surface area contributed by atoms with E-state index in [1.54, 1.807) is 0 Å². The molecule has 5 nitrogen and oxygen atoms in total. The first-order chi connectivity index (χ1) is 6.92. The van der Waals surface area contributed by atoms with E-state index in [1.807, 2.05) is 13.8 Å². The summed E-state index contributed by atoms with van der Waals surface area (Å²) in [5.41, 5.74) is 0. The highest BCUT2D eigenvalue weighted by atomic mass is 32.2. The van der Waals surface area contributed by atoms with E-state index in [-0.39, 0.29) is 25.0 Å². The first kappa shape index (κ1) is 12.9. The lowest BCUT2D eigenvalue weighted by atomic mass is 10.3. The Morgan fingerprint density at radius 3 is 2.67 bits per heavy atom. The van der Waals surface area contributed by atoms with Gasteiger partial charge in [0.05, 0.1) is 24.6 Å². The van der Waals surface area contributed by atoms with Crippen molar-refractivity contribution in [3.8, 4) is 0 Å². The Kier molecular flexibility index (Phi) is 4.51. The molecule has 0 aromatic rings. The lowest BCUT2D eigenvalue weighted by Gasteiger charge is -2.16. The summed E-state index contributed by atoms with van der Waals surface area (Å²) < 4.78 is 29.9. The van der Waals surface area contributed by atoms with Gasteiger partial charge in [0.15, 0.2) is 0 Å². The highest BCUT2D eigenvalue weighted by molar-refractivity contribution is 7.89. The highest BCUT2D eigenvalue weighted by Gasteiger charge is 2.29. The van der Waals surface area contributed by atoms with E-state index in [2.05, 4.69) is 0 Å². The molecule has 0 aromatic heterocycles. The van der Waals surface area contributed by atoms with Gasteiger partial charge in [-0.3, -0.25) is 0 Å². The van der Waals surface area contributed by atoms with Gasteiger partial charge in [-0.25, -0.2) is 8.42 Å². The lowest BCUT2D eigenvalue weighted by Crippen LogP contribution is -2.33. The van der Waals surface area contributed by atoms with Crippen molar-refractivity contribution in [2.24, 2.45) is 0 Å². The Morgan fingerprint density at radius 2 is 2.20 bits per heavy atom. The van der Waals surface area contributed by atoms with Crippen LogP contribution in [-0.2, 0) is 14.8 Å². The Balaban J connectivity index is 2.38. The topological polar surface area (TPSA) is 66.8 Å². The number of ether oxygens (including phenoxy) is 1. The van der Waals surface area contributed by atoms with Gasteiger partial charge in [0.25, 0.3) is 0 Å². The normalized spacial score (nSPS) is 23.9. The summed E-state index contributed by atoms with van der Waals surface area (Å²) in [5.74, 6) is -0.00208. The predicted octanol–water partition coefficient (Wildman–Crippen LogP) is -0.192. The van der Waals surface area contributed by atoms with Crippen molar-refractivity contribution in [2.45, 2.75) is 32.5 Å². The van der Waals surface area contributed by atoms with Crippen molar-refractivity contribution >= 4 is 10.0 Å². The highest BCUT2D eigenvalue weighted by Crippen LogP contribution is 2.13. The van der Waals surface area contributed by atoms with E-state index >= 15 is 0 Å². The standard InChI is InChI=1S/C9H19NO4S/c1-8(2)14-5-6-15(12,13)10-4-3-9(11)7-10/h8-9,11H,3-7H2,1-2H3. The third-order valence-electron chi connectivity index (χ3n) is 2.31. The van der Waals surface area contributed by atoms with Crippen molar-refractivity contribution in [1.29, 1.82) is 0 Å². The summed E-state index contributed by atoms with van der Waals surface area (Å²) in [4.78, 5) is 0. The smallest absolute Gasteiger partial charge is 0.216 e. The molecule has 1 aliphatic rings. The number of aliphatic hydroxyl groups is 1. The van der Waals surface area contributed by atoms with Gasteiger partial charge in [-0.1, -0.05) is 0 Å². The predicted molar refractivity (Wildman–Crippen MR) is 57.1 cm³/mol. The van der Waals surface area contributed by atoms with E-state index in [4.69, 9.17) is 4.74 Å². The fraction of sp³-hybridized carbons (Fsp3) is 1.00. The van der Waals surface area contributed by atoms with Gasteiger partial charge in [0.2, 0.25) is 10.0 Å². The van der Waals surface area contributed by atoms with E-state index < -0.39 is 16.1 Å². The van der Waals surface area contributed by atoms with Crippen LogP contribution in [0.25, 0.3) is 0 Å². The molecule has 1 unspecified atom stereocenters. The van der Waals surface area contributed by atoms with Crippen molar-refractivity contribution in [2.75, 3.05) is 25.4 Å². The molecule has 0 aliphatic carbocycles. The second kappa shape index (κ2) is 5.25. The number of sulfonamides is 1. The van der Waals surface area contributed by atoms with Crippen molar-refractivity contribution in [3.05, 3.63) is 0 Å². The van der Waals surface area contributed by atoms with Crippen LogP contribution in [0.5, 0.6) is 0 Å². The quantitative estimate of drug-likeness (QED) is 0.719. The molecule has 0 saturated carbocycles. The van der Waals surface area contributed by atoms with Gasteiger partial charge >= 0.3 is 0 Å². The number of rotatable bonds is 5. The second-order valence-electron chi connectivity index (χ2n) is 4.04. The average Bonchev–Trinajstić information content (AvgIpc) is 2.51. The zero-order valence-corrected chi connectivity index (χ0v) is 10.0. The molecule has 1 atom stereocenters. The molecule has 15 heavy (non-hydrogen) atoms. The first-order valence-corrected chi connectivity index (χ1v) is 6.80. The molecule has 1 saturated heterocycles. The molecule has 6 heteroatoms. The first-order valence-electron chi connectivity index (χ1n) is 5.19. The molecule has 0 spiro atoms. The van der Waals surface area contributed by atoms with Crippen LogP contribution in [-0.4, -0.2) is 55.5 Å². The molecule has 1 N–H and O–H groups in total. The number of hydrogen-bond acceptors (Lipinski definition) is 4. The van der Waals surface area contributed by atoms with E-state index in [0.29, 0.717) is 13.0 Å². The molecule has 0 aromatic carbocycles. The average molecular weight is 237 g/mol. The molecular formula is C9H19NO4S. The summed E-state index contributed by atoms with van der Waals surface area (Å²) in [6.07, 6.45) is 0.0692. The molecule has 0 bridgehead atoms. The van der Waals surface area contributed by atoms with Crippen LogP contribution in [0.15, 0.2) is 0 Å². The summed E-state index contributed by atoms with van der Waals surface area (Å²) in [6.45, 7) is 4.60. The fourth-order valence-corrected chi connectivity index (χ4v) is 2.83. The summed E-state index contributed by atoms with van der Waals surface area (Å²) in [7, 11) is -3.24. The summed E-state index contributed by atoms with van der Waals surface area (Å²) >= 11 is 0. The molecule has 1 rings (SSSR count). The van der Waals surface area contributed by atoms with Crippen molar-refractivity contribution in [1.82, 2.24) is 4.31 Å². The number of β-amino-alcohol motifs (C(OH)–C–C–N with tert-alkyl or cyclic N) is 1. The lowest BCUT2D eigenvalue weighted by molar-refractivity contribution is 0.0907. The summed E-state index contributed by atoms with van der Waals surface area (Å²) in [5, 5.41) is 9.24. The molecule has 0 radical (unpaired) electrons. The van der Waals surface area contributed by atoms with Crippen LogP contribution in [0.2, 0.25) is 0 Å². The Morgan fingerprint density at radius 1 is 1.53 bits per heavy atom. The molecule has 1 aliphatic heterocycles. The Hall–Kier alpha value is -0.170. The Labute approximate surface area is 91.1 Å². The maximum atomic E-state index is 11.7. The van der Waals surface area contributed by atoms with Gasteiger partial charge in [-0.15, -0.1) is 0 Å². The number of hydrogen-bond donors (Lipinski definition) is 1. The van der Waals surface area contributed by atoms with Gasteiger partial charge in [0, 0.05) is 13.1 Å². The van der Waals surface area contributed by atoms with Gasteiger partial charge < -0.3 is 9.84 Å². The van der Waals surface area contributed by atoms with E-state index in [9.17, 15) is 13.5 Å². The van der Waals surface area contributed by atoms with Gasteiger partial charge in [-0.2, -0.15) is 4.31 Å². The fourth-order valence-electron chi connectivity index (χ4n) is 1.48. The second-order valence-corrected chi connectivity index (χ2v) is 6.12. The Bertz CT molecular complexity index is 288. The van der Waals surface area contributed by atoms with Crippen LogP contribution >= 0.6 is 0 Å². The van der Waals surface area contributed by atoms with Crippen molar-refractivity contribution in [3.63, 3.8) is 0 Å². The minimum absolute atomic E-state index is 0.00208. The molecule has 0 amide bonds. The third kappa shape index (κ3) is 4.06. The molecule has 90 valence electrons. The maximum Gasteiger partial charge on any atom is 0.216 e. The minimum atomic E-state index is -3.24. The summed E-state index contributed by atoms with van der Waals surface area (Å²) in [6, 6.07) is 0.